The van der Waals surface area contributed by atoms with E-state index in [1.807, 2.05) is 144 Å². The van der Waals surface area contributed by atoms with E-state index in [0.29, 0.717) is 0 Å². The van der Waals surface area contributed by atoms with Gasteiger partial charge >= 0.3 is 12.1 Å². The van der Waals surface area contributed by atoms with Crippen LogP contribution >= 0.6 is 11.8 Å². The van der Waals surface area contributed by atoms with Gasteiger partial charge in [0.25, 0.3) is 5.91 Å². The highest BCUT2D eigenvalue weighted by Crippen LogP contribution is 2.49. The van der Waals surface area contributed by atoms with Crippen LogP contribution in [0.3, 0.4) is 0 Å². The molecule has 5 N–H and O–H groups in total. The Labute approximate surface area is 413 Å². The van der Waals surface area contributed by atoms with Gasteiger partial charge in [-0.3, -0.25) is 28.7 Å². The highest BCUT2D eigenvalue weighted by molar-refractivity contribution is 8.00. The van der Waals surface area contributed by atoms with E-state index >= 15 is 0 Å². The summed E-state index contributed by atoms with van der Waals surface area (Å²) in [6.45, 7) is 4.19. The number of amides is 5. The predicted octanol–water partition coefficient (Wildman–Crippen LogP) is 6.31. The molecule has 0 unspecified atom stereocenters. The van der Waals surface area contributed by atoms with Gasteiger partial charge < -0.3 is 30.7 Å². The van der Waals surface area contributed by atoms with E-state index in [-0.39, 0.29) is 49.9 Å². The molecule has 0 saturated carbocycles. The van der Waals surface area contributed by atoms with E-state index in [4.69, 9.17) is 9.47 Å². The van der Waals surface area contributed by atoms with Crippen LogP contribution in [-0.4, -0.2) is 93.5 Å². The van der Waals surface area contributed by atoms with Crippen molar-refractivity contribution in [1.29, 1.82) is 0 Å². The van der Waals surface area contributed by atoms with Crippen molar-refractivity contribution in [2.24, 2.45) is 0 Å². The number of carbonyl (C=O) groups excluding carboxylic acids is 6. The molecule has 5 aromatic rings. The molecular weight excluding hydrogens is 931 g/mol. The average Bonchev–Trinajstić information content (AvgIpc) is 3.67. The lowest BCUT2D eigenvalue weighted by atomic mass is 9.84. The van der Waals surface area contributed by atoms with Crippen molar-refractivity contribution in [3.63, 3.8) is 0 Å². The van der Waals surface area contributed by atoms with Gasteiger partial charge in [0.1, 0.15) is 24.3 Å². The number of rotatable bonds is 22. The summed E-state index contributed by atoms with van der Waals surface area (Å²) in [5.74, 6) is -4.71. The van der Waals surface area contributed by atoms with Crippen LogP contribution in [0.1, 0.15) is 80.2 Å². The Morgan fingerprint density at radius 1 is 0.643 bits per heavy atom. The van der Waals surface area contributed by atoms with Crippen molar-refractivity contribution in [2.45, 2.75) is 74.8 Å². The molecule has 2 atom stereocenters. The maximum absolute atomic E-state index is 14.8. The Morgan fingerprint density at radius 2 is 1.16 bits per heavy atom. The lowest BCUT2D eigenvalue weighted by Gasteiger charge is -2.36. The monoisotopic (exact) mass is 989 g/mol. The molecule has 0 saturated heterocycles. The largest absolute Gasteiger partial charge is 0.460 e. The molecule has 15 nitrogen and oxygen atoms in total. The normalized spacial score (nSPS) is 13.1. The molecule has 0 bridgehead atoms. The Morgan fingerprint density at radius 3 is 1.67 bits per heavy atom. The van der Waals surface area contributed by atoms with Gasteiger partial charge in [-0.05, 0) is 72.6 Å². The fourth-order valence-corrected chi connectivity index (χ4v) is 10.8. The SMILES string of the molecule is CNC(=O)CCCS(=O)(=O)NC(=O)CNC(=O)[C@H](CCC(=O)OC(C)(C)C)NC(=O)[C@H](CSC(c1ccccc1)(c1ccccc1)c1ccccc1)NC(=O)OCC1c2ccccc2-c2ccccc21. The maximum atomic E-state index is 14.8. The average molecular weight is 990 g/mol. The highest BCUT2D eigenvalue weighted by atomic mass is 32.2. The van der Waals surface area contributed by atoms with E-state index in [2.05, 4.69) is 21.3 Å². The molecule has 0 fully saturated rings. The Kier molecular flexibility index (Phi) is 18.0. The Hall–Kier alpha value is -6.98. The van der Waals surface area contributed by atoms with Gasteiger partial charge in [-0.15, -0.1) is 11.8 Å². The number of alkyl carbamates (subject to hydrolysis) is 1. The number of hydrogen-bond donors (Lipinski definition) is 5. The zero-order valence-corrected chi connectivity index (χ0v) is 41.2. The molecule has 0 aliphatic heterocycles. The van der Waals surface area contributed by atoms with Crippen LogP contribution in [0.5, 0.6) is 0 Å². The number of benzene rings is 5. The van der Waals surface area contributed by atoms with Crippen LogP contribution in [0.25, 0.3) is 11.1 Å². The fraction of sp³-hybridized carbons (Fsp3) is 0.321. The van der Waals surface area contributed by atoms with Crippen molar-refractivity contribution in [1.82, 2.24) is 26.0 Å². The zero-order valence-electron chi connectivity index (χ0n) is 39.6. The summed E-state index contributed by atoms with van der Waals surface area (Å²) >= 11 is 1.38. The molecule has 5 aromatic carbocycles. The summed E-state index contributed by atoms with van der Waals surface area (Å²) in [6.07, 6.45) is -1.66. The molecule has 0 spiro atoms. The van der Waals surface area contributed by atoms with Crippen LogP contribution < -0.4 is 26.0 Å². The van der Waals surface area contributed by atoms with E-state index in [0.717, 1.165) is 38.9 Å². The molecule has 1 aliphatic rings. The second-order valence-corrected chi connectivity index (χ2v) is 20.7. The summed E-state index contributed by atoms with van der Waals surface area (Å²) in [7, 11) is -2.75. The first-order chi connectivity index (χ1) is 33.5. The lowest BCUT2D eigenvalue weighted by Crippen LogP contribution is -2.55. The topological polar surface area (TPSA) is 215 Å². The number of ether oxygens (including phenoxy) is 2. The first-order valence-electron chi connectivity index (χ1n) is 23.0. The minimum absolute atomic E-state index is 0.0455. The van der Waals surface area contributed by atoms with Crippen LogP contribution in [0.2, 0.25) is 0 Å². The standard InChI is InChI=1S/C53H59N5O10S2/c1-52(2,3)68-48(61)31-30-44(49(62)55-33-47(60)58-70(65,66)32-18-29-46(59)54-4)56-50(63)45(57-51(64)67-34-43-41-27-16-14-25-39(41)40-26-15-17-28-42(40)43)35-69-53(36-19-8-5-9-20-36,37-21-10-6-11-22-37)38-23-12-7-13-24-38/h5-17,19-28,43-45H,18,29-35H2,1-4H3,(H,54,59)(H,55,62)(H,56,63)(H,57,64)(H,58,60)/t44-,45-/m0/s1. The number of fused-ring (bicyclic) bond motifs is 3. The molecule has 70 heavy (non-hydrogen) atoms. The third-order valence-electron chi connectivity index (χ3n) is 11.4. The van der Waals surface area contributed by atoms with E-state index < -0.39 is 74.5 Å². The Balaban J connectivity index is 1.28. The van der Waals surface area contributed by atoms with Gasteiger partial charge in [-0.1, -0.05) is 140 Å². The molecule has 0 aromatic heterocycles. The second kappa shape index (κ2) is 24.0. The van der Waals surface area contributed by atoms with Crippen molar-refractivity contribution in [3.8, 4) is 11.1 Å². The summed E-state index contributed by atoms with van der Waals surface area (Å²) in [4.78, 5) is 80.2. The number of esters is 1. The third kappa shape index (κ3) is 14.1. The summed E-state index contributed by atoms with van der Waals surface area (Å²) in [5.41, 5.74) is 5.86. The molecular formula is C53H59N5O10S2. The number of nitrogens with one attached hydrogen (secondary N) is 5. The molecule has 0 heterocycles. The van der Waals surface area contributed by atoms with Crippen molar-refractivity contribution >= 4 is 57.5 Å². The van der Waals surface area contributed by atoms with E-state index in [9.17, 15) is 37.2 Å². The van der Waals surface area contributed by atoms with Crippen molar-refractivity contribution in [2.75, 3.05) is 31.7 Å². The van der Waals surface area contributed by atoms with Crippen LogP contribution in [-0.2, 0) is 48.2 Å². The van der Waals surface area contributed by atoms with Gasteiger partial charge in [0, 0.05) is 31.6 Å². The molecule has 5 amide bonds. The number of carbonyl (C=O) groups is 6. The van der Waals surface area contributed by atoms with Gasteiger partial charge in [0.2, 0.25) is 27.7 Å². The number of hydrogen-bond acceptors (Lipinski definition) is 11. The number of sulfonamides is 1. The molecule has 1 aliphatic carbocycles. The van der Waals surface area contributed by atoms with Crippen LogP contribution in [0, 0.1) is 0 Å². The molecule has 368 valence electrons. The minimum Gasteiger partial charge on any atom is -0.460 e. The van der Waals surface area contributed by atoms with Crippen LogP contribution in [0.4, 0.5) is 4.79 Å². The maximum Gasteiger partial charge on any atom is 0.407 e. The molecule has 0 radical (unpaired) electrons. The highest BCUT2D eigenvalue weighted by Gasteiger charge is 2.40. The summed E-state index contributed by atoms with van der Waals surface area (Å²) in [6, 6.07) is 42.1. The van der Waals surface area contributed by atoms with Crippen molar-refractivity contribution in [3.05, 3.63) is 167 Å². The van der Waals surface area contributed by atoms with E-state index in [1.54, 1.807) is 20.8 Å². The first kappa shape index (κ1) is 52.4. The third-order valence-corrected chi connectivity index (χ3v) is 14.4. The lowest BCUT2D eigenvalue weighted by molar-refractivity contribution is -0.155. The number of thioether (sulfide) groups is 1. The fourth-order valence-electron chi connectivity index (χ4n) is 8.24. The minimum atomic E-state index is -4.17. The van der Waals surface area contributed by atoms with Crippen LogP contribution in [0.15, 0.2) is 140 Å². The van der Waals surface area contributed by atoms with Gasteiger partial charge in [0.15, 0.2) is 0 Å². The first-order valence-corrected chi connectivity index (χ1v) is 25.6. The quantitative estimate of drug-likeness (QED) is 0.0383. The van der Waals surface area contributed by atoms with Gasteiger partial charge in [-0.25, -0.2) is 13.2 Å². The smallest absolute Gasteiger partial charge is 0.407 e. The van der Waals surface area contributed by atoms with Gasteiger partial charge in [0.05, 0.1) is 17.0 Å². The van der Waals surface area contributed by atoms with E-state index in [1.165, 1.54) is 18.8 Å². The van der Waals surface area contributed by atoms with Crippen molar-refractivity contribution < 1.29 is 46.7 Å². The Bertz CT molecular complexity index is 2590. The zero-order chi connectivity index (χ0) is 50.3. The second-order valence-electron chi connectivity index (χ2n) is 17.6. The molecule has 6 rings (SSSR count). The summed E-state index contributed by atoms with van der Waals surface area (Å²) < 4.78 is 37.5. The van der Waals surface area contributed by atoms with Gasteiger partial charge in [-0.2, -0.15) is 0 Å². The molecule has 17 heteroatoms. The predicted molar refractivity (Wildman–Crippen MR) is 269 cm³/mol. The summed E-state index contributed by atoms with van der Waals surface area (Å²) in [5, 5.41) is 10.3.